The molecule has 7 heteroatoms. The van der Waals surface area contributed by atoms with E-state index in [4.69, 9.17) is 11.1 Å². The third-order valence-electron chi connectivity index (χ3n) is 7.10. The molecule has 3 aliphatic rings. The SMILES string of the molecule is CN1C(=N)N[C@](CCC2CCCCC2)(C[C@@H]2CCC[C@@H](NCC(N)=O)C2)C1=O. The molecule has 2 amide bonds. The predicted molar refractivity (Wildman–Crippen MR) is 110 cm³/mol. The molecule has 0 radical (unpaired) electrons. The standard InChI is InChI=1S/C21H37N5O2/c1-26-19(28)21(25-20(26)23,11-10-15-6-3-2-4-7-15)13-16-8-5-9-17(12-16)24-14-18(22)27/h15-17,24H,2-14H2,1H3,(H2,22,27)(H2,23,25)/t16-,17-,21-/m1/s1. The van der Waals surface area contributed by atoms with Crippen molar-refractivity contribution in [1.29, 1.82) is 5.41 Å². The van der Waals surface area contributed by atoms with Gasteiger partial charge in [-0.2, -0.15) is 0 Å². The lowest BCUT2D eigenvalue weighted by molar-refractivity contribution is -0.131. The maximum Gasteiger partial charge on any atom is 0.254 e. The Bertz CT molecular complexity index is 589. The van der Waals surface area contributed by atoms with Crippen LogP contribution < -0.4 is 16.4 Å². The number of guanidine groups is 1. The van der Waals surface area contributed by atoms with Crippen LogP contribution in [0.2, 0.25) is 0 Å². The minimum Gasteiger partial charge on any atom is -0.369 e. The largest absolute Gasteiger partial charge is 0.369 e. The fourth-order valence-electron chi connectivity index (χ4n) is 5.52. The van der Waals surface area contributed by atoms with Crippen molar-refractivity contribution in [3.63, 3.8) is 0 Å². The first-order chi connectivity index (χ1) is 13.4. The van der Waals surface area contributed by atoms with Crippen LogP contribution in [0.4, 0.5) is 0 Å². The van der Waals surface area contributed by atoms with E-state index in [1.54, 1.807) is 7.05 Å². The lowest BCUT2D eigenvalue weighted by Crippen LogP contribution is -2.50. The van der Waals surface area contributed by atoms with Gasteiger partial charge in [-0.15, -0.1) is 0 Å². The van der Waals surface area contributed by atoms with Crippen molar-refractivity contribution in [2.45, 2.75) is 88.6 Å². The van der Waals surface area contributed by atoms with Crippen LogP contribution >= 0.6 is 0 Å². The lowest BCUT2D eigenvalue weighted by Gasteiger charge is -2.36. The highest BCUT2D eigenvalue weighted by Gasteiger charge is 2.49. The van der Waals surface area contributed by atoms with Crippen molar-refractivity contribution in [1.82, 2.24) is 15.5 Å². The summed E-state index contributed by atoms with van der Waals surface area (Å²) in [7, 11) is 1.71. The molecular weight excluding hydrogens is 354 g/mol. The van der Waals surface area contributed by atoms with Crippen molar-refractivity contribution in [2.75, 3.05) is 13.6 Å². The highest BCUT2D eigenvalue weighted by molar-refractivity contribution is 6.07. The summed E-state index contributed by atoms with van der Waals surface area (Å²) in [6, 6.07) is 0.287. The van der Waals surface area contributed by atoms with Gasteiger partial charge in [0.2, 0.25) is 5.91 Å². The molecule has 3 atom stereocenters. The number of nitrogens with zero attached hydrogens (tertiary/aromatic N) is 1. The summed E-state index contributed by atoms with van der Waals surface area (Å²) in [6.45, 7) is 0.217. The number of hydrogen-bond donors (Lipinski definition) is 4. The Balaban J connectivity index is 1.64. The van der Waals surface area contributed by atoms with E-state index in [1.165, 1.54) is 37.0 Å². The van der Waals surface area contributed by atoms with Gasteiger partial charge in [-0.3, -0.25) is 19.9 Å². The van der Waals surface area contributed by atoms with E-state index in [0.717, 1.165) is 50.9 Å². The molecule has 1 heterocycles. The third-order valence-corrected chi connectivity index (χ3v) is 7.10. The van der Waals surface area contributed by atoms with Gasteiger partial charge in [-0.05, 0) is 43.9 Å². The zero-order valence-corrected chi connectivity index (χ0v) is 17.3. The Morgan fingerprint density at radius 1 is 1.21 bits per heavy atom. The van der Waals surface area contributed by atoms with E-state index in [1.807, 2.05) is 0 Å². The van der Waals surface area contributed by atoms with E-state index in [0.29, 0.717) is 5.92 Å². The van der Waals surface area contributed by atoms with E-state index < -0.39 is 5.54 Å². The average molecular weight is 392 g/mol. The van der Waals surface area contributed by atoms with Crippen molar-refractivity contribution in [3.8, 4) is 0 Å². The Hall–Kier alpha value is -1.63. The van der Waals surface area contributed by atoms with Crippen LogP contribution in [-0.4, -0.2) is 47.8 Å². The normalized spacial score (nSPS) is 31.8. The first-order valence-electron chi connectivity index (χ1n) is 11.1. The van der Waals surface area contributed by atoms with Gasteiger partial charge in [-0.1, -0.05) is 44.9 Å². The summed E-state index contributed by atoms with van der Waals surface area (Å²) >= 11 is 0. The smallest absolute Gasteiger partial charge is 0.254 e. The average Bonchev–Trinajstić information content (AvgIpc) is 2.90. The molecule has 0 aromatic rings. The Labute approximate surface area is 168 Å². The van der Waals surface area contributed by atoms with Gasteiger partial charge in [0.25, 0.3) is 5.91 Å². The number of hydrogen-bond acceptors (Lipinski definition) is 4. The molecule has 2 saturated carbocycles. The van der Waals surface area contributed by atoms with Crippen LogP contribution in [0.25, 0.3) is 0 Å². The minimum absolute atomic E-state index is 0.0560. The van der Waals surface area contributed by atoms with Crippen LogP contribution in [0, 0.1) is 17.2 Å². The number of nitrogens with one attached hydrogen (secondary N) is 3. The highest BCUT2D eigenvalue weighted by atomic mass is 16.2. The molecule has 158 valence electrons. The molecule has 2 aliphatic carbocycles. The monoisotopic (exact) mass is 391 g/mol. The molecule has 28 heavy (non-hydrogen) atoms. The van der Waals surface area contributed by atoms with Crippen LogP contribution in [0.5, 0.6) is 0 Å². The van der Waals surface area contributed by atoms with Gasteiger partial charge < -0.3 is 16.4 Å². The first-order valence-corrected chi connectivity index (χ1v) is 11.1. The maximum atomic E-state index is 13.1. The fraction of sp³-hybridized carbons (Fsp3) is 0.857. The molecule has 0 bridgehead atoms. The molecule has 0 unspecified atom stereocenters. The zero-order valence-electron chi connectivity index (χ0n) is 17.3. The quantitative estimate of drug-likeness (QED) is 0.508. The molecule has 7 nitrogen and oxygen atoms in total. The van der Waals surface area contributed by atoms with Crippen LogP contribution in [0.3, 0.4) is 0 Å². The molecule has 1 aliphatic heterocycles. The minimum atomic E-state index is -0.625. The van der Waals surface area contributed by atoms with Gasteiger partial charge in [0, 0.05) is 13.1 Å². The molecule has 1 saturated heterocycles. The number of carbonyl (C=O) groups excluding carboxylic acids is 2. The highest BCUT2D eigenvalue weighted by Crippen LogP contribution is 2.38. The Morgan fingerprint density at radius 3 is 2.57 bits per heavy atom. The lowest BCUT2D eigenvalue weighted by atomic mass is 9.74. The molecule has 5 N–H and O–H groups in total. The van der Waals surface area contributed by atoms with E-state index in [-0.39, 0.29) is 30.4 Å². The number of carbonyl (C=O) groups is 2. The summed E-state index contributed by atoms with van der Waals surface area (Å²) in [5.74, 6) is 1.10. The maximum absolute atomic E-state index is 13.1. The van der Waals surface area contributed by atoms with E-state index >= 15 is 0 Å². The van der Waals surface area contributed by atoms with Gasteiger partial charge in [0.15, 0.2) is 5.96 Å². The van der Waals surface area contributed by atoms with E-state index in [9.17, 15) is 9.59 Å². The van der Waals surface area contributed by atoms with Gasteiger partial charge in [0.1, 0.15) is 5.54 Å². The predicted octanol–water partition coefficient (Wildman–Crippen LogP) is 2.11. The van der Waals surface area contributed by atoms with E-state index in [2.05, 4.69) is 10.6 Å². The number of likely N-dealkylation sites (N-methyl/N-ethyl adjacent to an activating group) is 1. The van der Waals surface area contributed by atoms with Gasteiger partial charge in [-0.25, -0.2) is 0 Å². The van der Waals surface area contributed by atoms with Crippen molar-refractivity contribution in [3.05, 3.63) is 0 Å². The van der Waals surface area contributed by atoms with Crippen molar-refractivity contribution < 1.29 is 9.59 Å². The molecule has 0 spiro atoms. The summed E-state index contributed by atoms with van der Waals surface area (Å²) in [5.41, 5.74) is 4.65. The molecule has 3 rings (SSSR count). The summed E-state index contributed by atoms with van der Waals surface area (Å²) in [4.78, 5) is 25.7. The molecule has 3 fully saturated rings. The zero-order chi connectivity index (χ0) is 20.1. The fourth-order valence-corrected chi connectivity index (χ4v) is 5.52. The van der Waals surface area contributed by atoms with Crippen molar-refractivity contribution in [2.24, 2.45) is 17.6 Å². The van der Waals surface area contributed by atoms with Crippen molar-refractivity contribution >= 4 is 17.8 Å². The molecule has 0 aromatic carbocycles. The summed E-state index contributed by atoms with van der Waals surface area (Å²) in [5, 5.41) is 14.7. The molecular formula is C21H37N5O2. The number of rotatable bonds is 8. The van der Waals surface area contributed by atoms with Crippen LogP contribution in [0.1, 0.15) is 77.0 Å². The number of nitrogens with two attached hydrogens (primary N) is 1. The Kier molecular flexibility index (Phi) is 6.96. The summed E-state index contributed by atoms with van der Waals surface area (Å²) in [6.07, 6.45) is 13.4. The number of primary amides is 1. The second-order valence-corrected chi connectivity index (χ2v) is 9.24. The topological polar surface area (TPSA) is 111 Å². The molecule has 0 aromatic heterocycles. The third kappa shape index (κ3) is 5.04. The second-order valence-electron chi connectivity index (χ2n) is 9.24. The van der Waals surface area contributed by atoms with Crippen LogP contribution in [-0.2, 0) is 9.59 Å². The second kappa shape index (κ2) is 9.25. The van der Waals surface area contributed by atoms with Gasteiger partial charge in [0.05, 0.1) is 6.54 Å². The van der Waals surface area contributed by atoms with Crippen LogP contribution in [0.15, 0.2) is 0 Å². The number of amides is 2. The first kappa shape index (κ1) is 21.1. The summed E-state index contributed by atoms with van der Waals surface area (Å²) < 4.78 is 0. The Morgan fingerprint density at radius 2 is 1.93 bits per heavy atom. The van der Waals surface area contributed by atoms with Gasteiger partial charge >= 0.3 is 0 Å².